The maximum absolute atomic E-state index is 7.04. The van der Waals surface area contributed by atoms with Gasteiger partial charge in [0.15, 0.2) is 17.5 Å². The van der Waals surface area contributed by atoms with Crippen molar-refractivity contribution in [3.8, 4) is 45.5 Å². The fourth-order valence-electron chi connectivity index (χ4n) is 10.8. The molecule has 1 aliphatic carbocycles. The summed E-state index contributed by atoms with van der Waals surface area (Å²) in [7, 11) is 0. The Kier molecular flexibility index (Phi) is 7.40. The van der Waals surface area contributed by atoms with Crippen molar-refractivity contribution in [2.24, 2.45) is 0 Å². The summed E-state index contributed by atoms with van der Waals surface area (Å²) < 4.78 is 11.8. The van der Waals surface area contributed by atoms with Crippen molar-refractivity contribution in [1.29, 1.82) is 0 Å². The summed E-state index contributed by atoms with van der Waals surface area (Å²) in [5.74, 6) is 1.67. The largest absolute Gasteiger partial charge is 0.455 e. The van der Waals surface area contributed by atoms with E-state index in [2.05, 4.69) is 209 Å². The van der Waals surface area contributed by atoms with Crippen LogP contribution in [-0.2, 0) is 0 Å². The lowest BCUT2D eigenvalue weighted by atomic mass is 9.95. The van der Waals surface area contributed by atoms with Crippen molar-refractivity contribution in [3.05, 3.63) is 211 Å². The standard InChI is InChI=1S/C61H35N5O/c1-2-18-41(19-3-1)65-51-26-10-8-21-43(51)45-23-13-25-48(57(45)65)60-62-59(47-24-12-17-36-14-6-7-20-42(36)47)63-61(64-60)56-52(31-30-46-44-22-9-11-27-55(44)67-58(46)56)66-53-34-38-16-5-4-15-37(38)32-49(53)50-33-39-28-29-40(39)35-54(50)66/h1-35H. The molecule has 15 rings (SSSR count). The minimum atomic E-state index is 0.520. The lowest BCUT2D eigenvalue weighted by Gasteiger charge is -2.17. The molecule has 0 saturated heterocycles. The zero-order chi connectivity index (χ0) is 43.7. The third-order valence-electron chi connectivity index (χ3n) is 13.9. The van der Waals surface area contributed by atoms with Crippen LogP contribution < -0.4 is 0 Å². The highest BCUT2D eigenvalue weighted by Gasteiger charge is 2.27. The lowest BCUT2D eigenvalue weighted by molar-refractivity contribution is 0.669. The van der Waals surface area contributed by atoms with Gasteiger partial charge >= 0.3 is 0 Å². The van der Waals surface area contributed by atoms with Crippen LogP contribution in [0.1, 0.15) is 11.1 Å². The molecule has 4 aromatic heterocycles. The van der Waals surface area contributed by atoms with E-state index >= 15 is 0 Å². The maximum Gasteiger partial charge on any atom is 0.170 e. The third kappa shape index (κ3) is 5.23. The molecule has 6 heteroatoms. The van der Waals surface area contributed by atoms with Gasteiger partial charge in [0.1, 0.15) is 11.2 Å². The summed E-state index contributed by atoms with van der Waals surface area (Å²) in [5.41, 5.74) is 12.9. The molecule has 4 heterocycles. The van der Waals surface area contributed by atoms with Gasteiger partial charge in [-0.25, -0.2) is 15.0 Å². The van der Waals surface area contributed by atoms with Crippen LogP contribution in [0, 0.1) is 0 Å². The maximum atomic E-state index is 7.04. The summed E-state index contributed by atoms with van der Waals surface area (Å²) in [6.07, 6.45) is 4.39. The van der Waals surface area contributed by atoms with Crippen molar-refractivity contribution >= 4 is 99.2 Å². The van der Waals surface area contributed by atoms with Crippen LogP contribution in [0.25, 0.3) is 145 Å². The molecule has 0 N–H and O–H groups in total. The zero-order valence-electron chi connectivity index (χ0n) is 35.9. The molecule has 0 bridgehead atoms. The highest BCUT2D eigenvalue weighted by molar-refractivity contribution is 6.18. The SMILES string of the molecule is C1=Cc2cc3c(cc21)c1cc2ccccc2cc1n3-c1ccc2c(oc3ccccc32)c1-c1nc(-c2cccc3ccccc23)nc(-c2cccc3c4ccccc4n(-c4ccccc4)c23)n1. The van der Waals surface area contributed by atoms with Gasteiger partial charge in [-0.3, -0.25) is 0 Å². The fraction of sp³-hybridized carbons (Fsp3) is 0. The van der Waals surface area contributed by atoms with Gasteiger partial charge in [0.05, 0.1) is 33.3 Å². The molecule has 14 aromatic rings. The number of nitrogens with zero attached hydrogens (tertiary/aromatic N) is 5. The predicted molar refractivity (Wildman–Crippen MR) is 276 cm³/mol. The lowest BCUT2D eigenvalue weighted by Crippen LogP contribution is -2.05. The monoisotopic (exact) mass is 853 g/mol. The first-order valence-corrected chi connectivity index (χ1v) is 22.7. The van der Waals surface area contributed by atoms with E-state index in [-0.39, 0.29) is 0 Å². The molecule has 0 aliphatic heterocycles. The Morgan fingerprint density at radius 3 is 1.82 bits per heavy atom. The number of benzene rings is 10. The normalized spacial score (nSPS) is 12.4. The minimum Gasteiger partial charge on any atom is -0.455 e. The summed E-state index contributed by atoms with van der Waals surface area (Å²) in [6.45, 7) is 0. The molecule has 0 amide bonds. The second-order valence-electron chi connectivity index (χ2n) is 17.5. The molecule has 0 radical (unpaired) electrons. The van der Waals surface area contributed by atoms with Gasteiger partial charge in [-0.1, -0.05) is 146 Å². The minimum absolute atomic E-state index is 0.520. The Morgan fingerprint density at radius 1 is 0.358 bits per heavy atom. The van der Waals surface area contributed by atoms with Crippen LogP contribution in [0.3, 0.4) is 0 Å². The number of hydrogen-bond donors (Lipinski definition) is 0. The van der Waals surface area contributed by atoms with Crippen LogP contribution in [0.5, 0.6) is 0 Å². The first-order chi connectivity index (χ1) is 33.2. The smallest absolute Gasteiger partial charge is 0.170 e. The van der Waals surface area contributed by atoms with E-state index in [1.165, 1.54) is 32.7 Å². The van der Waals surface area contributed by atoms with Gasteiger partial charge in [0.25, 0.3) is 0 Å². The summed E-state index contributed by atoms with van der Waals surface area (Å²) in [4.78, 5) is 16.7. The van der Waals surface area contributed by atoms with E-state index in [1.807, 2.05) is 12.1 Å². The van der Waals surface area contributed by atoms with Crippen LogP contribution in [0.2, 0.25) is 0 Å². The molecule has 67 heavy (non-hydrogen) atoms. The van der Waals surface area contributed by atoms with Gasteiger partial charge in [-0.05, 0) is 99.4 Å². The topological polar surface area (TPSA) is 61.7 Å². The van der Waals surface area contributed by atoms with Crippen molar-refractivity contribution in [1.82, 2.24) is 24.1 Å². The van der Waals surface area contributed by atoms with Crippen LogP contribution in [-0.4, -0.2) is 24.1 Å². The van der Waals surface area contributed by atoms with Crippen LogP contribution >= 0.6 is 0 Å². The van der Waals surface area contributed by atoms with E-state index in [0.717, 1.165) is 93.6 Å². The highest BCUT2D eigenvalue weighted by atomic mass is 16.3. The average molecular weight is 854 g/mol. The first-order valence-electron chi connectivity index (χ1n) is 22.7. The van der Waals surface area contributed by atoms with Gasteiger partial charge < -0.3 is 13.6 Å². The van der Waals surface area contributed by atoms with Gasteiger partial charge in [-0.15, -0.1) is 0 Å². The Morgan fingerprint density at radius 2 is 0.970 bits per heavy atom. The summed E-state index contributed by atoms with van der Waals surface area (Å²) >= 11 is 0. The predicted octanol–water partition coefficient (Wildman–Crippen LogP) is 15.8. The Hall–Kier alpha value is -9.13. The van der Waals surface area contributed by atoms with E-state index in [1.54, 1.807) is 0 Å². The van der Waals surface area contributed by atoms with E-state index in [0.29, 0.717) is 17.5 Å². The molecule has 6 nitrogen and oxygen atoms in total. The van der Waals surface area contributed by atoms with E-state index in [9.17, 15) is 0 Å². The molecule has 0 spiro atoms. The van der Waals surface area contributed by atoms with E-state index in [4.69, 9.17) is 19.4 Å². The second-order valence-corrected chi connectivity index (χ2v) is 17.5. The number of furan rings is 1. The summed E-state index contributed by atoms with van der Waals surface area (Å²) in [5, 5.41) is 11.2. The Balaban J connectivity index is 1.11. The third-order valence-corrected chi connectivity index (χ3v) is 13.9. The van der Waals surface area contributed by atoms with Crippen molar-refractivity contribution in [3.63, 3.8) is 0 Å². The zero-order valence-corrected chi connectivity index (χ0v) is 35.9. The molecule has 0 atom stereocenters. The second kappa shape index (κ2) is 13.7. The highest BCUT2D eigenvalue weighted by Crippen LogP contribution is 2.46. The molecular formula is C61H35N5O. The van der Waals surface area contributed by atoms with Crippen molar-refractivity contribution in [2.45, 2.75) is 0 Å². The molecule has 0 unspecified atom stereocenters. The van der Waals surface area contributed by atoms with E-state index < -0.39 is 0 Å². The van der Waals surface area contributed by atoms with Gasteiger partial charge in [0.2, 0.25) is 0 Å². The Labute approximate surface area is 382 Å². The van der Waals surface area contributed by atoms with Crippen molar-refractivity contribution in [2.75, 3.05) is 0 Å². The van der Waals surface area contributed by atoms with Gasteiger partial charge in [-0.2, -0.15) is 0 Å². The number of rotatable bonds is 5. The van der Waals surface area contributed by atoms with Crippen molar-refractivity contribution < 1.29 is 4.42 Å². The quantitative estimate of drug-likeness (QED) is 0.173. The number of aromatic nitrogens is 5. The molecule has 310 valence electrons. The first kappa shape index (κ1) is 36.2. The molecule has 0 saturated carbocycles. The van der Waals surface area contributed by atoms with Crippen LogP contribution in [0.4, 0.5) is 0 Å². The number of para-hydroxylation sites is 4. The van der Waals surface area contributed by atoms with Gasteiger partial charge in [0, 0.05) is 49.1 Å². The molecule has 10 aromatic carbocycles. The average Bonchev–Trinajstić information content (AvgIpc) is 4.03. The molecule has 1 aliphatic rings. The molecular weight excluding hydrogens is 819 g/mol. The number of fused-ring (bicyclic) bond motifs is 12. The summed E-state index contributed by atoms with van der Waals surface area (Å²) in [6, 6.07) is 71.1. The van der Waals surface area contributed by atoms with Crippen LogP contribution in [0.15, 0.2) is 205 Å². The Bertz CT molecular complexity index is 4450. The molecule has 0 fully saturated rings. The fourth-order valence-corrected chi connectivity index (χ4v) is 10.8. The number of hydrogen-bond acceptors (Lipinski definition) is 4.